The molecular weight excluding hydrogens is 679 g/mol. The van der Waals surface area contributed by atoms with Crippen LogP contribution >= 0.6 is 0 Å². The number of unbranched alkanes of at least 4 members (excludes halogenated alkanes) is 28. The van der Waals surface area contributed by atoms with Gasteiger partial charge in [-0.1, -0.05) is 194 Å². The van der Waals surface area contributed by atoms with Crippen LogP contribution in [0.3, 0.4) is 0 Å². The number of carbonyl (C=O) groups is 3. The Bertz CT molecular complexity index is 858. The van der Waals surface area contributed by atoms with Crippen molar-refractivity contribution < 1.29 is 38.2 Å². The summed E-state index contributed by atoms with van der Waals surface area (Å²) in [6, 6.07) is -0.718. The minimum atomic E-state index is -1.12. The van der Waals surface area contributed by atoms with E-state index >= 15 is 0 Å². The van der Waals surface area contributed by atoms with Crippen molar-refractivity contribution in [3.63, 3.8) is 0 Å². The molecule has 0 amide bonds. The first-order chi connectivity index (χ1) is 26.1. The van der Waals surface area contributed by atoms with E-state index in [-0.39, 0.29) is 42.7 Å². The van der Waals surface area contributed by atoms with Crippen molar-refractivity contribution in [1.82, 2.24) is 0 Å². The number of quaternary nitrogens is 1. The molecule has 0 saturated carbocycles. The molecule has 0 saturated heterocycles. The summed E-state index contributed by atoms with van der Waals surface area (Å²) in [7, 11) is 5.41. The normalized spacial score (nSPS) is 12.8. The zero-order valence-electron chi connectivity index (χ0n) is 36.4. The third kappa shape index (κ3) is 36.0. The highest BCUT2D eigenvalue weighted by Gasteiger charge is 2.25. The first-order valence-corrected chi connectivity index (χ1v) is 23.1. The van der Waals surface area contributed by atoms with Gasteiger partial charge in [-0.3, -0.25) is 9.59 Å². The third-order valence-electron chi connectivity index (χ3n) is 10.7. The molecule has 0 aliphatic rings. The van der Waals surface area contributed by atoms with Gasteiger partial charge in [-0.25, -0.2) is 0 Å². The molecular formula is C46H89NO7. The quantitative estimate of drug-likeness (QED) is 0.0346. The summed E-state index contributed by atoms with van der Waals surface area (Å²) in [6.07, 6.45) is 38.6. The molecule has 54 heavy (non-hydrogen) atoms. The van der Waals surface area contributed by atoms with Crippen molar-refractivity contribution in [2.24, 2.45) is 0 Å². The molecule has 0 heterocycles. The van der Waals surface area contributed by atoms with Gasteiger partial charge in [0.2, 0.25) is 0 Å². The number of esters is 2. The lowest BCUT2D eigenvalue weighted by atomic mass is 10.0. The topological polar surface area (TPSA) is 102 Å². The minimum absolute atomic E-state index is 0.0487. The van der Waals surface area contributed by atoms with Crippen LogP contribution in [0.4, 0.5) is 0 Å². The predicted octanol–water partition coefficient (Wildman–Crippen LogP) is 11.2. The largest absolute Gasteiger partial charge is 0.544 e. The second kappa shape index (κ2) is 38.2. The van der Waals surface area contributed by atoms with Crippen molar-refractivity contribution in [3.05, 3.63) is 0 Å². The molecule has 0 aliphatic heterocycles. The van der Waals surface area contributed by atoms with Crippen LogP contribution in [0.25, 0.3) is 0 Å². The molecule has 0 aromatic heterocycles. The van der Waals surface area contributed by atoms with Gasteiger partial charge in [-0.15, -0.1) is 0 Å². The third-order valence-corrected chi connectivity index (χ3v) is 10.7. The van der Waals surface area contributed by atoms with Crippen molar-refractivity contribution in [2.75, 3.05) is 41.0 Å². The summed E-state index contributed by atoms with van der Waals surface area (Å²) < 4.78 is 17.1. The molecule has 2 unspecified atom stereocenters. The van der Waals surface area contributed by atoms with Crippen molar-refractivity contribution in [2.45, 2.75) is 238 Å². The zero-order valence-corrected chi connectivity index (χ0v) is 36.4. The maximum absolute atomic E-state index is 12.7. The molecule has 0 aliphatic carbocycles. The summed E-state index contributed by atoms with van der Waals surface area (Å²) in [4.78, 5) is 36.7. The highest BCUT2D eigenvalue weighted by molar-refractivity contribution is 5.70. The van der Waals surface area contributed by atoms with Crippen LogP contribution in [0.1, 0.15) is 226 Å². The van der Waals surface area contributed by atoms with Gasteiger partial charge >= 0.3 is 11.9 Å². The molecule has 8 heteroatoms. The van der Waals surface area contributed by atoms with E-state index in [4.69, 9.17) is 14.2 Å². The molecule has 0 radical (unpaired) electrons. The lowest BCUT2D eigenvalue weighted by Crippen LogP contribution is -2.55. The predicted molar refractivity (Wildman–Crippen MR) is 222 cm³/mol. The Hall–Kier alpha value is -1.67. The number of aliphatic carboxylic acids is 1. The van der Waals surface area contributed by atoms with Gasteiger partial charge in [0.1, 0.15) is 12.6 Å². The Morgan fingerprint density at radius 1 is 0.481 bits per heavy atom. The number of carboxylic acids is 1. The standard InChI is InChI=1S/C46H89NO7/c1-6-8-10-12-14-16-17-18-19-20-21-22-23-24-25-26-27-28-29-31-33-35-37-45(49)54-42(40-52-39-38-43(46(50)51)47(3,4)5)41-53-44(48)36-34-32-30-15-13-11-9-7-2/h42-43H,6-41H2,1-5H3. The molecule has 0 fully saturated rings. The number of rotatable bonds is 42. The number of ether oxygens (including phenoxy) is 3. The average molecular weight is 768 g/mol. The van der Waals surface area contributed by atoms with Crippen LogP contribution in [0.5, 0.6) is 0 Å². The summed E-state index contributed by atoms with van der Waals surface area (Å²) in [6.45, 7) is 4.67. The Morgan fingerprint density at radius 2 is 0.815 bits per heavy atom. The Labute approximate surface area is 334 Å². The number of hydrogen-bond donors (Lipinski definition) is 0. The van der Waals surface area contributed by atoms with Crippen molar-refractivity contribution >= 4 is 17.9 Å². The molecule has 0 N–H and O–H groups in total. The van der Waals surface area contributed by atoms with E-state index < -0.39 is 18.1 Å². The van der Waals surface area contributed by atoms with E-state index in [1.165, 1.54) is 154 Å². The van der Waals surface area contributed by atoms with Crippen LogP contribution < -0.4 is 5.11 Å². The second-order valence-electron chi connectivity index (χ2n) is 17.0. The molecule has 2 atom stereocenters. The molecule has 0 spiro atoms. The van der Waals surface area contributed by atoms with Crippen LogP contribution in [0.2, 0.25) is 0 Å². The summed E-state index contributed by atoms with van der Waals surface area (Å²) >= 11 is 0. The first-order valence-electron chi connectivity index (χ1n) is 23.1. The van der Waals surface area contributed by atoms with Gasteiger partial charge < -0.3 is 28.6 Å². The first kappa shape index (κ1) is 52.3. The molecule has 8 nitrogen and oxygen atoms in total. The van der Waals surface area contributed by atoms with Gasteiger partial charge in [0.25, 0.3) is 0 Å². The van der Waals surface area contributed by atoms with E-state index in [2.05, 4.69) is 13.8 Å². The minimum Gasteiger partial charge on any atom is -0.544 e. The monoisotopic (exact) mass is 768 g/mol. The van der Waals surface area contributed by atoms with Crippen LogP contribution in [-0.4, -0.2) is 75.5 Å². The molecule has 320 valence electrons. The van der Waals surface area contributed by atoms with Gasteiger partial charge in [0.15, 0.2) is 6.10 Å². The van der Waals surface area contributed by atoms with Gasteiger partial charge in [-0.05, 0) is 12.8 Å². The summed E-state index contributed by atoms with van der Waals surface area (Å²) in [5.74, 6) is -1.72. The zero-order chi connectivity index (χ0) is 40.0. The summed E-state index contributed by atoms with van der Waals surface area (Å²) in [5, 5.41) is 11.6. The van der Waals surface area contributed by atoms with E-state index in [1.807, 2.05) is 0 Å². The van der Waals surface area contributed by atoms with Crippen molar-refractivity contribution in [3.8, 4) is 0 Å². The molecule has 0 aromatic rings. The molecule has 0 bridgehead atoms. The number of carbonyl (C=O) groups excluding carboxylic acids is 3. The Kier molecular flexibility index (Phi) is 37.0. The maximum atomic E-state index is 12.7. The fourth-order valence-electron chi connectivity index (χ4n) is 7.13. The highest BCUT2D eigenvalue weighted by Crippen LogP contribution is 2.16. The Balaban J connectivity index is 4.11. The SMILES string of the molecule is CCCCCCCCCCCCCCCCCCCCCCCCC(=O)OC(COCCC(C(=O)[O-])[N+](C)(C)C)COC(=O)CCCCCCCCCC. The average Bonchev–Trinajstić information content (AvgIpc) is 3.12. The second-order valence-corrected chi connectivity index (χ2v) is 17.0. The van der Waals surface area contributed by atoms with Crippen molar-refractivity contribution in [1.29, 1.82) is 0 Å². The van der Waals surface area contributed by atoms with Gasteiger partial charge in [-0.2, -0.15) is 0 Å². The molecule has 0 aromatic carbocycles. The fourth-order valence-corrected chi connectivity index (χ4v) is 7.13. The number of likely N-dealkylation sites (N-methyl/N-ethyl adjacent to an activating group) is 1. The smallest absolute Gasteiger partial charge is 0.306 e. The van der Waals surface area contributed by atoms with E-state index in [0.29, 0.717) is 12.8 Å². The molecule has 0 rings (SSSR count). The highest BCUT2D eigenvalue weighted by atomic mass is 16.6. The van der Waals surface area contributed by atoms with Gasteiger partial charge in [0, 0.05) is 19.3 Å². The number of nitrogens with zero attached hydrogens (tertiary/aromatic N) is 1. The van der Waals surface area contributed by atoms with Crippen LogP contribution in [-0.2, 0) is 28.6 Å². The lowest BCUT2D eigenvalue weighted by Gasteiger charge is -2.34. The van der Waals surface area contributed by atoms with E-state index in [1.54, 1.807) is 21.1 Å². The fraction of sp³-hybridized carbons (Fsp3) is 0.935. The lowest BCUT2D eigenvalue weighted by molar-refractivity contribution is -0.889. The number of hydrogen-bond acceptors (Lipinski definition) is 7. The van der Waals surface area contributed by atoms with Gasteiger partial charge in [0.05, 0.1) is 40.3 Å². The van der Waals surface area contributed by atoms with E-state index in [9.17, 15) is 19.5 Å². The summed E-state index contributed by atoms with van der Waals surface area (Å²) in [5.41, 5.74) is 0. The van der Waals surface area contributed by atoms with E-state index in [0.717, 1.165) is 38.5 Å². The maximum Gasteiger partial charge on any atom is 0.306 e. The Morgan fingerprint density at radius 3 is 1.15 bits per heavy atom. The van der Waals surface area contributed by atoms with Crippen LogP contribution in [0, 0.1) is 0 Å². The van der Waals surface area contributed by atoms with Crippen LogP contribution in [0.15, 0.2) is 0 Å². The number of carboxylic acid groups (broad SMARTS) is 1.